The van der Waals surface area contributed by atoms with Crippen molar-refractivity contribution in [2.75, 3.05) is 0 Å². The summed E-state index contributed by atoms with van der Waals surface area (Å²) in [6.07, 6.45) is 1.92. The maximum Gasteiger partial charge on any atom is 0.137 e. The van der Waals surface area contributed by atoms with Gasteiger partial charge in [-0.3, -0.25) is 4.57 Å². The second-order valence-electron chi connectivity index (χ2n) is 3.53. The number of nitrogens with zero attached hydrogens (tertiary/aromatic N) is 3. The first kappa shape index (κ1) is 9.46. The number of hydrogen-bond acceptors (Lipinski definition) is 2. The van der Waals surface area contributed by atoms with E-state index in [0.717, 1.165) is 30.2 Å². The van der Waals surface area contributed by atoms with Gasteiger partial charge in [0.2, 0.25) is 0 Å². The number of halogens is 1. The van der Waals surface area contributed by atoms with Gasteiger partial charge in [0.1, 0.15) is 11.6 Å². The highest BCUT2D eigenvalue weighted by atomic mass is 35.5. The minimum Gasteiger partial charge on any atom is -0.282 e. The fourth-order valence-corrected chi connectivity index (χ4v) is 2.07. The molecule has 0 aromatic carbocycles. The normalized spacial score (nSPS) is 15.6. The Morgan fingerprint density at radius 3 is 2.71 bits per heavy atom. The molecule has 0 spiro atoms. The van der Waals surface area contributed by atoms with Crippen molar-refractivity contribution in [3.8, 4) is 0 Å². The van der Waals surface area contributed by atoms with E-state index in [4.69, 9.17) is 11.6 Å². The Kier molecular flexibility index (Phi) is 2.19. The van der Waals surface area contributed by atoms with Gasteiger partial charge >= 0.3 is 0 Å². The standard InChI is InChI=1S/C10H12ClN3/c1-6-4-5-9-13-12-8(3)14(9)10(6)7(2)11/h2,4-5H2,1,3H3. The number of fused-ring (bicyclic) bond motifs is 1. The Labute approximate surface area is 88.1 Å². The molecule has 0 N–H and O–H groups in total. The molecule has 1 aromatic heterocycles. The SMILES string of the molecule is C=C(Cl)C1=C(C)CCc2nnc(C)n21. The van der Waals surface area contributed by atoms with Crippen molar-refractivity contribution in [1.29, 1.82) is 0 Å². The molecule has 3 nitrogen and oxygen atoms in total. The van der Waals surface area contributed by atoms with Gasteiger partial charge in [-0.25, -0.2) is 0 Å². The summed E-state index contributed by atoms with van der Waals surface area (Å²) in [4.78, 5) is 0. The lowest BCUT2D eigenvalue weighted by Gasteiger charge is -2.19. The molecule has 1 aliphatic rings. The van der Waals surface area contributed by atoms with E-state index in [1.54, 1.807) is 0 Å². The van der Waals surface area contributed by atoms with Crippen molar-refractivity contribution in [1.82, 2.24) is 14.8 Å². The number of allylic oxidation sites excluding steroid dienone is 3. The van der Waals surface area contributed by atoms with Gasteiger partial charge in [-0.2, -0.15) is 0 Å². The third kappa shape index (κ3) is 1.28. The topological polar surface area (TPSA) is 30.7 Å². The summed E-state index contributed by atoms with van der Waals surface area (Å²) in [6, 6.07) is 0. The van der Waals surface area contributed by atoms with Crippen LogP contribution in [0, 0.1) is 6.92 Å². The number of hydrogen-bond donors (Lipinski definition) is 0. The van der Waals surface area contributed by atoms with Crippen molar-refractivity contribution >= 4 is 17.3 Å². The zero-order chi connectivity index (χ0) is 10.3. The lowest BCUT2D eigenvalue weighted by Crippen LogP contribution is -2.12. The van der Waals surface area contributed by atoms with Gasteiger partial charge in [0, 0.05) is 6.42 Å². The van der Waals surface area contributed by atoms with Gasteiger partial charge in [-0.05, 0) is 25.8 Å². The monoisotopic (exact) mass is 209 g/mol. The van der Waals surface area contributed by atoms with Crippen molar-refractivity contribution in [2.24, 2.45) is 0 Å². The fraction of sp³-hybridized carbons (Fsp3) is 0.400. The summed E-state index contributed by atoms with van der Waals surface area (Å²) in [5, 5.41) is 8.71. The average molecular weight is 210 g/mol. The molecule has 0 amide bonds. The van der Waals surface area contributed by atoms with Crippen molar-refractivity contribution in [3.05, 3.63) is 28.8 Å². The largest absolute Gasteiger partial charge is 0.282 e. The summed E-state index contributed by atoms with van der Waals surface area (Å²) in [7, 11) is 0. The lowest BCUT2D eigenvalue weighted by molar-refractivity contribution is 0.777. The van der Waals surface area contributed by atoms with Crippen LogP contribution in [0.1, 0.15) is 25.0 Å². The van der Waals surface area contributed by atoms with Crippen LogP contribution >= 0.6 is 11.6 Å². The van der Waals surface area contributed by atoms with Crippen LogP contribution in [0.25, 0.3) is 5.70 Å². The number of aromatic nitrogens is 3. The molecule has 0 saturated heterocycles. The molecule has 14 heavy (non-hydrogen) atoms. The van der Waals surface area contributed by atoms with Crippen LogP contribution in [0.15, 0.2) is 17.2 Å². The zero-order valence-electron chi connectivity index (χ0n) is 8.34. The van der Waals surface area contributed by atoms with Crippen LogP contribution in [0.4, 0.5) is 0 Å². The van der Waals surface area contributed by atoms with E-state index in [9.17, 15) is 0 Å². The van der Waals surface area contributed by atoms with Gasteiger partial charge < -0.3 is 0 Å². The average Bonchev–Trinajstić information content (AvgIpc) is 2.47. The fourth-order valence-electron chi connectivity index (χ4n) is 1.82. The highest BCUT2D eigenvalue weighted by molar-refractivity contribution is 6.35. The van der Waals surface area contributed by atoms with Crippen molar-refractivity contribution in [3.63, 3.8) is 0 Å². The van der Waals surface area contributed by atoms with E-state index in [2.05, 4.69) is 23.7 Å². The van der Waals surface area contributed by atoms with E-state index < -0.39 is 0 Å². The zero-order valence-corrected chi connectivity index (χ0v) is 9.10. The molecule has 1 aromatic rings. The minimum atomic E-state index is 0.561. The molecule has 2 heterocycles. The molecule has 0 fully saturated rings. The predicted molar refractivity (Wildman–Crippen MR) is 57.0 cm³/mol. The van der Waals surface area contributed by atoms with Crippen LogP contribution in [-0.4, -0.2) is 14.8 Å². The van der Waals surface area contributed by atoms with Crippen LogP contribution in [0.3, 0.4) is 0 Å². The molecule has 2 rings (SSSR count). The van der Waals surface area contributed by atoms with E-state index in [1.165, 1.54) is 5.57 Å². The number of aryl methyl sites for hydroxylation is 2. The molecule has 1 aliphatic heterocycles. The maximum absolute atomic E-state index is 5.98. The Bertz CT molecular complexity index is 429. The molecule has 0 saturated carbocycles. The van der Waals surface area contributed by atoms with Crippen molar-refractivity contribution < 1.29 is 0 Å². The van der Waals surface area contributed by atoms with E-state index in [0.29, 0.717) is 5.03 Å². The van der Waals surface area contributed by atoms with Crippen LogP contribution in [0.5, 0.6) is 0 Å². The molecule has 0 radical (unpaired) electrons. The Morgan fingerprint density at radius 2 is 2.07 bits per heavy atom. The molecule has 4 heteroatoms. The van der Waals surface area contributed by atoms with E-state index >= 15 is 0 Å². The van der Waals surface area contributed by atoms with E-state index in [1.807, 2.05) is 11.5 Å². The highest BCUT2D eigenvalue weighted by Crippen LogP contribution is 2.31. The predicted octanol–water partition coefficient (Wildman–Crippen LogP) is 2.52. The summed E-state index contributed by atoms with van der Waals surface area (Å²) < 4.78 is 1.99. The van der Waals surface area contributed by atoms with Crippen LogP contribution in [0.2, 0.25) is 0 Å². The summed E-state index contributed by atoms with van der Waals surface area (Å²) in [6.45, 7) is 7.78. The first-order valence-electron chi connectivity index (χ1n) is 4.57. The molecular weight excluding hydrogens is 198 g/mol. The van der Waals surface area contributed by atoms with Crippen LogP contribution < -0.4 is 0 Å². The smallest absolute Gasteiger partial charge is 0.137 e. The molecule has 0 unspecified atom stereocenters. The van der Waals surface area contributed by atoms with Crippen molar-refractivity contribution in [2.45, 2.75) is 26.7 Å². The van der Waals surface area contributed by atoms with Gasteiger partial charge in [-0.1, -0.05) is 18.2 Å². The first-order valence-corrected chi connectivity index (χ1v) is 4.95. The summed E-state index contributed by atoms with van der Waals surface area (Å²) in [5.41, 5.74) is 2.22. The third-order valence-electron chi connectivity index (χ3n) is 2.50. The third-order valence-corrected chi connectivity index (χ3v) is 2.68. The first-order chi connectivity index (χ1) is 6.61. The van der Waals surface area contributed by atoms with Gasteiger partial charge in [-0.15, -0.1) is 10.2 Å². The minimum absolute atomic E-state index is 0.561. The second-order valence-corrected chi connectivity index (χ2v) is 3.99. The van der Waals surface area contributed by atoms with Gasteiger partial charge in [0.25, 0.3) is 0 Å². The molecule has 0 atom stereocenters. The Hall–Kier alpha value is -1.09. The molecule has 0 bridgehead atoms. The molecule has 0 aliphatic carbocycles. The Morgan fingerprint density at radius 1 is 1.36 bits per heavy atom. The summed E-state index contributed by atoms with van der Waals surface area (Å²) >= 11 is 5.98. The highest BCUT2D eigenvalue weighted by Gasteiger charge is 2.20. The molecule has 74 valence electrons. The lowest BCUT2D eigenvalue weighted by atomic mass is 10.1. The van der Waals surface area contributed by atoms with Gasteiger partial charge in [0.15, 0.2) is 0 Å². The summed E-state index contributed by atoms with van der Waals surface area (Å²) in [5.74, 6) is 1.85. The Balaban J connectivity index is 2.66. The molecular formula is C10H12ClN3. The second kappa shape index (κ2) is 3.24. The quantitative estimate of drug-likeness (QED) is 0.712. The van der Waals surface area contributed by atoms with Crippen LogP contribution in [-0.2, 0) is 6.42 Å². The maximum atomic E-state index is 5.98. The van der Waals surface area contributed by atoms with E-state index in [-0.39, 0.29) is 0 Å². The van der Waals surface area contributed by atoms with Gasteiger partial charge in [0.05, 0.1) is 10.7 Å². The number of rotatable bonds is 1.